The van der Waals surface area contributed by atoms with Gasteiger partial charge in [-0.25, -0.2) is 0 Å². The third kappa shape index (κ3) is 2.93. The van der Waals surface area contributed by atoms with Crippen molar-refractivity contribution >= 4 is 22.7 Å². The van der Waals surface area contributed by atoms with Crippen LogP contribution >= 0.6 is 11.3 Å². The van der Waals surface area contributed by atoms with Crippen LogP contribution in [0.2, 0.25) is 0 Å². The fraction of sp³-hybridized carbons (Fsp3) is 0.286. The summed E-state index contributed by atoms with van der Waals surface area (Å²) < 4.78 is 10.6. The molecule has 102 valence electrons. The van der Waals surface area contributed by atoms with Crippen LogP contribution in [0.15, 0.2) is 23.6 Å². The van der Waals surface area contributed by atoms with Crippen LogP contribution in [0.1, 0.15) is 10.4 Å². The lowest BCUT2D eigenvalue weighted by Crippen LogP contribution is -2.02. The summed E-state index contributed by atoms with van der Waals surface area (Å²) in [6.07, 6.45) is 0. The van der Waals surface area contributed by atoms with Crippen molar-refractivity contribution in [3.63, 3.8) is 0 Å². The van der Waals surface area contributed by atoms with Crippen LogP contribution in [0, 0.1) is 6.92 Å². The van der Waals surface area contributed by atoms with E-state index in [1.54, 1.807) is 25.6 Å². The molecule has 19 heavy (non-hydrogen) atoms. The molecule has 0 amide bonds. The largest absolute Gasteiger partial charge is 0.493 e. The maximum absolute atomic E-state index is 5.87. The van der Waals surface area contributed by atoms with Gasteiger partial charge in [-0.3, -0.25) is 0 Å². The van der Waals surface area contributed by atoms with E-state index >= 15 is 0 Å². The molecule has 0 saturated carbocycles. The lowest BCUT2D eigenvalue weighted by Gasteiger charge is -2.14. The molecule has 3 N–H and O–H groups in total. The lowest BCUT2D eigenvalue weighted by atomic mass is 10.1. The smallest absolute Gasteiger partial charge is 0.162 e. The topological polar surface area (TPSA) is 56.5 Å². The highest BCUT2D eigenvalue weighted by Crippen LogP contribution is 2.33. The molecule has 5 heteroatoms. The van der Waals surface area contributed by atoms with Crippen molar-refractivity contribution in [1.29, 1.82) is 0 Å². The quantitative estimate of drug-likeness (QED) is 0.881. The number of nitrogens with two attached hydrogens (primary N) is 1. The zero-order valence-corrected chi connectivity index (χ0v) is 12.1. The first-order chi connectivity index (χ1) is 9.15. The number of anilines is 2. The second-order valence-corrected chi connectivity index (χ2v) is 5.18. The number of rotatable bonds is 5. The Labute approximate surface area is 117 Å². The molecule has 0 atom stereocenters. The average molecular weight is 278 g/mol. The van der Waals surface area contributed by atoms with Gasteiger partial charge in [-0.1, -0.05) is 0 Å². The SMILES string of the molecule is COc1cc(C)c(NCc2sccc2N)cc1OC. The predicted octanol–water partition coefficient (Wildman–Crippen LogP) is 3.27. The van der Waals surface area contributed by atoms with Crippen molar-refractivity contribution < 1.29 is 9.47 Å². The lowest BCUT2D eigenvalue weighted by molar-refractivity contribution is 0.355. The summed E-state index contributed by atoms with van der Waals surface area (Å²) >= 11 is 1.65. The Hall–Kier alpha value is -1.88. The zero-order valence-electron chi connectivity index (χ0n) is 11.3. The number of ether oxygens (including phenoxy) is 2. The third-order valence-corrected chi connectivity index (χ3v) is 3.89. The molecule has 0 aliphatic rings. The second-order valence-electron chi connectivity index (χ2n) is 4.17. The van der Waals surface area contributed by atoms with Gasteiger partial charge in [0.15, 0.2) is 11.5 Å². The van der Waals surface area contributed by atoms with Crippen molar-refractivity contribution in [2.24, 2.45) is 0 Å². The molecule has 0 aliphatic carbocycles. The van der Waals surface area contributed by atoms with Crippen LogP contribution < -0.4 is 20.5 Å². The standard InChI is InChI=1S/C14H18N2O2S/c1-9-6-12(17-2)13(18-3)7-11(9)16-8-14-10(15)4-5-19-14/h4-7,16H,8,15H2,1-3H3. The van der Waals surface area contributed by atoms with Gasteiger partial charge in [0.25, 0.3) is 0 Å². The first-order valence-electron chi connectivity index (χ1n) is 5.94. The van der Waals surface area contributed by atoms with Crippen LogP contribution in [-0.2, 0) is 6.54 Å². The first-order valence-corrected chi connectivity index (χ1v) is 6.82. The fourth-order valence-electron chi connectivity index (χ4n) is 1.84. The molecule has 1 aromatic carbocycles. The monoisotopic (exact) mass is 278 g/mol. The fourth-order valence-corrected chi connectivity index (χ4v) is 2.58. The van der Waals surface area contributed by atoms with Gasteiger partial charge in [-0.05, 0) is 30.0 Å². The first kappa shape index (κ1) is 13.5. The van der Waals surface area contributed by atoms with Gasteiger partial charge in [0.1, 0.15) is 0 Å². The van der Waals surface area contributed by atoms with Crippen LogP contribution in [0.5, 0.6) is 11.5 Å². The normalized spacial score (nSPS) is 10.3. The van der Waals surface area contributed by atoms with E-state index in [2.05, 4.69) is 5.32 Å². The van der Waals surface area contributed by atoms with Gasteiger partial charge in [-0.15, -0.1) is 11.3 Å². The van der Waals surface area contributed by atoms with Gasteiger partial charge >= 0.3 is 0 Å². The van der Waals surface area contributed by atoms with E-state index in [4.69, 9.17) is 15.2 Å². The maximum Gasteiger partial charge on any atom is 0.162 e. The number of benzene rings is 1. The van der Waals surface area contributed by atoms with Gasteiger partial charge in [0, 0.05) is 22.3 Å². The molecular weight excluding hydrogens is 260 g/mol. The minimum absolute atomic E-state index is 0.708. The van der Waals surface area contributed by atoms with E-state index in [-0.39, 0.29) is 0 Å². The summed E-state index contributed by atoms with van der Waals surface area (Å²) in [4.78, 5) is 1.13. The van der Waals surface area contributed by atoms with Crippen molar-refractivity contribution in [2.75, 3.05) is 25.3 Å². The number of hydrogen-bond acceptors (Lipinski definition) is 5. The molecule has 1 aromatic heterocycles. The highest BCUT2D eigenvalue weighted by Gasteiger charge is 2.09. The van der Waals surface area contributed by atoms with Crippen molar-refractivity contribution in [2.45, 2.75) is 13.5 Å². The highest BCUT2D eigenvalue weighted by molar-refractivity contribution is 7.10. The zero-order chi connectivity index (χ0) is 13.8. The predicted molar refractivity (Wildman–Crippen MR) is 80.3 cm³/mol. The van der Waals surface area contributed by atoms with Gasteiger partial charge in [0.2, 0.25) is 0 Å². The molecule has 0 unspecified atom stereocenters. The van der Waals surface area contributed by atoms with E-state index in [0.717, 1.165) is 33.3 Å². The molecule has 0 spiro atoms. The summed E-state index contributed by atoms with van der Waals surface area (Å²) in [5, 5.41) is 5.37. The van der Waals surface area contributed by atoms with E-state index < -0.39 is 0 Å². The van der Waals surface area contributed by atoms with Crippen LogP contribution in [-0.4, -0.2) is 14.2 Å². The molecule has 4 nitrogen and oxygen atoms in total. The summed E-state index contributed by atoms with van der Waals surface area (Å²) in [5.74, 6) is 1.45. The molecular formula is C14H18N2O2S. The van der Waals surface area contributed by atoms with Crippen molar-refractivity contribution in [1.82, 2.24) is 0 Å². The number of thiophene rings is 1. The van der Waals surface area contributed by atoms with Crippen LogP contribution in [0.3, 0.4) is 0 Å². The van der Waals surface area contributed by atoms with E-state index in [1.165, 1.54) is 0 Å². The van der Waals surface area contributed by atoms with E-state index in [9.17, 15) is 0 Å². The molecule has 0 aliphatic heterocycles. The molecule has 0 radical (unpaired) electrons. The third-order valence-electron chi connectivity index (χ3n) is 2.95. The number of hydrogen-bond donors (Lipinski definition) is 2. The summed E-state index contributed by atoms with van der Waals surface area (Å²) in [7, 11) is 3.27. The average Bonchev–Trinajstić information content (AvgIpc) is 2.82. The highest BCUT2D eigenvalue weighted by atomic mass is 32.1. The van der Waals surface area contributed by atoms with E-state index in [1.807, 2.05) is 30.5 Å². The van der Waals surface area contributed by atoms with Gasteiger partial charge < -0.3 is 20.5 Å². The number of aryl methyl sites for hydroxylation is 1. The number of nitrogens with one attached hydrogen (secondary N) is 1. The van der Waals surface area contributed by atoms with E-state index in [0.29, 0.717) is 6.54 Å². The molecule has 1 heterocycles. The van der Waals surface area contributed by atoms with Gasteiger partial charge in [0.05, 0.1) is 20.8 Å². The van der Waals surface area contributed by atoms with Crippen LogP contribution in [0.4, 0.5) is 11.4 Å². The molecule has 0 fully saturated rings. The maximum atomic E-state index is 5.87. The van der Waals surface area contributed by atoms with Gasteiger partial charge in [-0.2, -0.15) is 0 Å². The Morgan fingerprint density at radius 1 is 1.21 bits per heavy atom. The Kier molecular flexibility index (Phi) is 4.16. The molecule has 2 rings (SSSR count). The summed E-state index contributed by atoms with van der Waals surface area (Å²) in [5.41, 5.74) is 8.82. The summed E-state index contributed by atoms with van der Waals surface area (Å²) in [6.45, 7) is 2.74. The van der Waals surface area contributed by atoms with Crippen molar-refractivity contribution in [3.8, 4) is 11.5 Å². The Morgan fingerprint density at radius 3 is 2.47 bits per heavy atom. The Bertz CT molecular complexity index is 567. The summed E-state index contributed by atoms with van der Waals surface area (Å²) in [6, 6.07) is 5.82. The minimum Gasteiger partial charge on any atom is -0.493 e. The van der Waals surface area contributed by atoms with Crippen molar-refractivity contribution in [3.05, 3.63) is 34.0 Å². The molecule has 0 saturated heterocycles. The van der Waals surface area contributed by atoms with Crippen LogP contribution in [0.25, 0.3) is 0 Å². The second kappa shape index (κ2) is 5.84. The minimum atomic E-state index is 0.708. The number of nitrogen functional groups attached to an aromatic ring is 1. The molecule has 0 bridgehead atoms. The molecule has 2 aromatic rings. The Balaban J connectivity index is 2.18. The Morgan fingerprint density at radius 2 is 1.89 bits per heavy atom. The number of methoxy groups -OCH3 is 2.